The second kappa shape index (κ2) is 6.56. The number of carbonyl (C=O) groups excluding carboxylic acids is 2. The molecular weight excluding hydrogens is 278 g/mol. The van der Waals surface area contributed by atoms with Gasteiger partial charge in [0.25, 0.3) is 0 Å². The molecular formula is C17H19N3O2. The molecule has 1 aromatic heterocycles. The van der Waals surface area contributed by atoms with Gasteiger partial charge in [-0.3, -0.25) is 14.7 Å². The highest BCUT2D eigenvalue weighted by Gasteiger charge is 2.14. The van der Waals surface area contributed by atoms with Crippen LogP contribution >= 0.6 is 0 Å². The molecule has 0 saturated heterocycles. The van der Waals surface area contributed by atoms with Gasteiger partial charge in [0, 0.05) is 24.6 Å². The number of benzene rings is 1. The molecule has 22 heavy (non-hydrogen) atoms. The lowest BCUT2D eigenvalue weighted by Crippen LogP contribution is -2.23. The number of aromatic amines is 1. The highest BCUT2D eigenvalue weighted by Crippen LogP contribution is 2.23. The highest BCUT2D eigenvalue weighted by atomic mass is 16.2. The van der Waals surface area contributed by atoms with Crippen LogP contribution in [0, 0.1) is 0 Å². The molecule has 114 valence electrons. The minimum atomic E-state index is -0.121. The number of nitrogens with zero attached hydrogens (tertiary/aromatic N) is 1. The van der Waals surface area contributed by atoms with Gasteiger partial charge in [-0.1, -0.05) is 12.1 Å². The first-order chi connectivity index (χ1) is 10.7. The van der Waals surface area contributed by atoms with Crippen LogP contribution in [0.15, 0.2) is 30.5 Å². The van der Waals surface area contributed by atoms with E-state index in [0.29, 0.717) is 6.54 Å². The molecule has 0 unspecified atom stereocenters. The van der Waals surface area contributed by atoms with Crippen molar-refractivity contribution in [1.82, 2.24) is 15.5 Å². The number of aryl methyl sites for hydroxylation is 2. The Morgan fingerprint density at radius 2 is 2.00 bits per heavy atom. The summed E-state index contributed by atoms with van der Waals surface area (Å²) in [4.78, 5) is 23.9. The van der Waals surface area contributed by atoms with Gasteiger partial charge >= 0.3 is 0 Å². The van der Waals surface area contributed by atoms with Crippen LogP contribution in [0.5, 0.6) is 0 Å². The Morgan fingerprint density at radius 1 is 1.14 bits per heavy atom. The van der Waals surface area contributed by atoms with E-state index < -0.39 is 0 Å². The molecule has 0 fully saturated rings. The summed E-state index contributed by atoms with van der Waals surface area (Å²) in [6.45, 7) is 0.409. The molecule has 2 N–H and O–H groups in total. The van der Waals surface area contributed by atoms with Crippen molar-refractivity contribution >= 4 is 11.7 Å². The van der Waals surface area contributed by atoms with Crippen molar-refractivity contribution in [2.45, 2.75) is 38.6 Å². The molecule has 1 heterocycles. The number of carbonyl (C=O) groups is 2. The van der Waals surface area contributed by atoms with E-state index in [-0.39, 0.29) is 24.5 Å². The average molecular weight is 297 g/mol. The molecule has 0 aliphatic heterocycles. The van der Waals surface area contributed by atoms with Gasteiger partial charge in [-0.15, -0.1) is 0 Å². The topological polar surface area (TPSA) is 74.8 Å². The maximum Gasteiger partial charge on any atom is 0.220 e. The van der Waals surface area contributed by atoms with Crippen molar-refractivity contribution in [3.63, 3.8) is 0 Å². The Labute approximate surface area is 129 Å². The van der Waals surface area contributed by atoms with Gasteiger partial charge in [-0.2, -0.15) is 5.10 Å². The zero-order chi connectivity index (χ0) is 15.4. The van der Waals surface area contributed by atoms with E-state index in [2.05, 4.69) is 15.5 Å². The fourth-order valence-corrected chi connectivity index (χ4v) is 2.78. The summed E-state index contributed by atoms with van der Waals surface area (Å²) < 4.78 is 0. The fraction of sp³-hybridized carbons (Fsp3) is 0.353. The molecule has 0 spiro atoms. The third kappa shape index (κ3) is 3.42. The molecule has 5 heteroatoms. The third-order valence-corrected chi connectivity index (χ3v) is 4.03. The van der Waals surface area contributed by atoms with E-state index >= 15 is 0 Å². The van der Waals surface area contributed by atoms with Crippen LogP contribution in [0.2, 0.25) is 0 Å². The summed E-state index contributed by atoms with van der Waals surface area (Å²) >= 11 is 0. The number of nitrogens with one attached hydrogen (secondary N) is 2. The number of Topliss-reactive ketones (excluding diaryl/α,β-unsaturated/α-hetero) is 1. The predicted octanol–water partition coefficient (Wildman–Crippen LogP) is 2.18. The molecule has 0 radical (unpaired) electrons. The Kier molecular flexibility index (Phi) is 4.32. The fourth-order valence-electron chi connectivity index (χ4n) is 2.78. The number of amides is 1. The molecule has 1 amide bonds. The summed E-state index contributed by atoms with van der Waals surface area (Å²) in [6, 6.07) is 7.73. The van der Waals surface area contributed by atoms with Crippen molar-refractivity contribution in [3.05, 3.63) is 52.8 Å². The highest BCUT2D eigenvalue weighted by molar-refractivity contribution is 5.98. The van der Waals surface area contributed by atoms with Crippen molar-refractivity contribution in [3.8, 4) is 0 Å². The molecule has 0 bridgehead atoms. The second-order valence-corrected chi connectivity index (χ2v) is 5.62. The largest absolute Gasteiger partial charge is 0.350 e. The average Bonchev–Trinajstić information content (AvgIpc) is 3.20. The zero-order valence-electron chi connectivity index (χ0n) is 12.4. The van der Waals surface area contributed by atoms with Gasteiger partial charge in [-0.05, 0) is 42.5 Å². The normalized spacial score (nSPS) is 12.9. The molecule has 0 atom stereocenters. The number of rotatable bonds is 6. The van der Waals surface area contributed by atoms with Crippen LogP contribution in [0.4, 0.5) is 0 Å². The molecule has 0 saturated carbocycles. The first-order valence-electron chi connectivity index (χ1n) is 7.62. The summed E-state index contributed by atoms with van der Waals surface area (Å²) in [6.07, 6.45) is 5.43. The number of fused-ring (bicyclic) bond motifs is 1. The monoisotopic (exact) mass is 297 g/mol. The first-order valence-corrected chi connectivity index (χ1v) is 7.62. The van der Waals surface area contributed by atoms with Crippen LogP contribution in [0.3, 0.4) is 0 Å². The smallest absolute Gasteiger partial charge is 0.220 e. The molecule has 5 nitrogen and oxygen atoms in total. The molecule has 3 rings (SSSR count). The van der Waals surface area contributed by atoms with Crippen molar-refractivity contribution < 1.29 is 9.59 Å². The standard InChI is InChI=1S/C17H19N3O2/c21-16(14-5-4-12-2-1-3-13(12)10-14)6-7-17(22)18-11-15-8-9-19-20-15/h4-5,8-10H,1-3,6-7,11H2,(H,18,22)(H,19,20). The SMILES string of the molecule is O=C(CCC(=O)c1ccc2c(c1)CCC2)NCc1ccn[nH]1. The van der Waals surface area contributed by atoms with E-state index in [9.17, 15) is 9.59 Å². The van der Waals surface area contributed by atoms with E-state index in [0.717, 1.165) is 24.1 Å². The minimum Gasteiger partial charge on any atom is -0.350 e. The van der Waals surface area contributed by atoms with Crippen LogP contribution < -0.4 is 5.32 Å². The summed E-state index contributed by atoms with van der Waals surface area (Å²) in [5.74, 6) is -0.0875. The van der Waals surface area contributed by atoms with E-state index in [1.807, 2.05) is 18.2 Å². The lowest BCUT2D eigenvalue weighted by Gasteiger charge is -2.05. The van der Waals surface area contributed by atoms with Gasteiger partial charge in [0.2, 0.25) is 5.91 Å². The van der Waals surface area contributed by atoms with E-state index in [1.54, 1.807) is 12.3 Å². The third-order valence-electron chi connectivity index (χ3n) is 4.03. The Hall–Kier alpha value is -2.43. The van der Waals surface area contributed by atoms with E-state index in [1.165, 1.54) is 17.5 Å². The van der Waals surface area contributed by atoms with Gasteiger partial charge < -0.3 is 5.32 Å². The van der Waals surface area contributed by atoms with Gasteiger partial charge in [-0.25, -0.2) is 0 Å². The van der Waals surface area contributed by atoms with Gasteiger partial charge in [0.1, 0.15) is 0 Å². The van der Waals surface area contributed by atoms with Gasteiger partial charge in [0.05, 0.1) is 12.2 Å². The van der Waals surface area contributed by atoms with Gasteiger partial charge in [0.15, 0.2) is 5.78 Å². The second-order valence-electron chi connectivity index (χ2n) is 5.62. The molecule has 1 aliphatic rings. The van der Waals surface area contributed by atoms with Crippen molar-refractivity contribution in [2.75, 3.05) is 0 Å². The van der Waals surface area contributed by atoms with Crippen LogP contribution in [-0.4, -0.2) is 21.9 Å². The molecule has 1 aliphatic carbocycles. The van der Waals surface area contributed by atoms with E-state index in [4.69, 9.17) is 0 Å². The maximum absolute atomic E-state index is 12.2. The zero-order valence-corrected chi connectivity index (χ0v) is 12.4. The quantitative estimate of drug-likeness (QED) is 0.802. The Morgan fingerprint density at radius 3 is 2.82 bits per heavy atom. The summed E-state index contributed by atoms with van der Waals surface area (Å²) in [5.41, 5.74) is 4.21. The number of ketones is 1. The Bertz CT molecular complexity index is 677. The molecule has 2 aromatic rings. The first kappa shape index (κ1) is 14.5. The lowest BCUT2D eigenvalue weighted by atomic mass is 10.0. The maximum atomic E-state index is 12.2. The minimum absolute atomic E-state index is 0.0337. The number of H-pyrrole nitrogens is 1. The van der Waals surface area contributed by atoms with Crippen LogP contribution in [0.1, 0.15) is 46.4 Å². The van der Waals surface area contributed by atoms with Crippen molar-refractivity contribution in [2.24, 2.45) is 0 Å². The Balaban J connectivity index is 1.48. The lowest BCUT2D eigenvalue weighted by molar-refractivity contribution is -0.121. The molecule has 1 aromatic carbocycles. The summed E-state index contributed by atoms with van der Waals surface area (Å²) in [5, 5.41) is 9.36. The summed E-state index contributed by atoms with van der Waals surface area (Å²) in [7, 11) is 0. The predicted molar refractivity (Wildman–Crippen MR) is 82.5 cm³/mol. The number of hydrogen-bond acceptors (Lipinski definition) is 3. The number of hydrogen-bond donors (Lipinski definition) is 2. The van der Waals surface area contributed by atoms with Crippen molar-refractivity contribution in [1.29, 1.82) is 0 Å². The van der Waals surface area contributed by atoms with Crippen LogP contribution in [-0.2, 0) is 24.2 Å². The number of aromatic nitrogens is 2. The van der Waals surface area contributed by atoms with Crippen LogP contribution in [0.25, 0.3) is 0 Å².